The molecule has 0 spiro atoms. The van der Waals surface area contributed by atoms with E-state index in [0.717, 1.165) is 12.8 Å². The first-order chi connectivity index (χ1) is 14.6. The van der Waals surface area contributed by atoms with Gasteiger partial charge in [0.1, 0.15) is 7.05 Å². The molecule has 172 valence electrons. The molecule has 0 aliphatic heterocycles. The number of rotatable bonds is 20. The molecule has 0 amide bonds. The Morgan fingerprint density at radius 1 is 0.733 bits per heavy atom. The average Bonchev–Trinajstić information content (AvgIpc) is 2.72. The highest BCUT2D eigenvalue weighted by Gasteiger charge is 2.06. The van der Waals surface area contributed by atoms with Crippen LogP contribution in [0, 0.1) is 6.92 Å². The maximum atomic E-state index is 10.4. The number of aliphatic carboxylic acids is 1. The second kappa shape index (κ2) is 18.4. The topological polar surface area (TPSA) is 41.2 Å². The van der Waals surface area contributed by atoms with Gasteiger partial charge in [0, 0.05) is 25.0 Å². The minimum absolute atomic E-state index is 0.340. The number of hydrogen-bond donors (Lipinski definition) is 1. The molecule has 0 bridgehead atoms. The molecule has 0 fully saturated rings. The Kier molecular flexibility index (Phi) is 16.3. The average molecular weight is 419 g/mol. The molecule has 1 aromatic heterocycles. The Bertz CT molecular complexity index is 556. The number of unbranched alkanes of at least 4 members (excludes halogenated alkanes) is 16. The fraction of sp³-hybridized carbons (Fsp3) is 0.778. The fourth-order valence-corrected chi connectivity index (χ4v) is 4.25. The van der Waals surface area contributed by atoms with Crippen LogP contribution in [0.15, 0.2) is 18.3 Å². The Balaban J connectivity index is 1.76. The van der Waals surface area contributed by atoms with Crippen molar-refractivity contribution in [3.05, 3.63) is 29.6 Å². The van der Waals surface area contributed by atoms with Crippen molar-refractivity contribution in [2.75, 3.05) is 0 Å². The van der Waals surface area contributed by atoms with E-state index >= 15 is 0 Å². The van der Waals surface area contributed by atoms with Crippen LogP contribution in [-0.2, 0) is 18.3 Å². The van der Waals surface area contributed by atoms with Gasteiger partial charge in [0.15, 0.2) is 11.9 Å². The number of carboxylic acids is 1. The SMILES string of the molecule is Cc1c(CCCCCCCCCCCCCCCCCCCC(=O)O)ccc[n+]1C. The fourth-order valence-electron chi connectivity index (χ4n) is 4.25. The molecular formula is C27H48NO2+. The molecular weight excluding hydrogens is 370 g/mol. The van der Waals surface area contributed by atoms with Crippen molar-refractivity contribution in [2.45, 2.75) is 129 Å². The van der Waals surface area contributed by atoms with Gasteiger partial charge in [-0.2, -0.15) is 0 Å². The molecule has 3 nitrogen and oxygen atoms in total. The molecule has 0 saturated heterocycles. The van der Waals surface area contributed by atoms with Crippen LogP contribution in [-0.4, -0.2) is 11.1 Å². The second-order valence-electron chi connectivity index (χ2n) is 9.13. The van der Waals surface area contributed by atoms with Crippen molar-refractivity contribution in [2.24, 2.45) is 7.05 Å². The predicted octanol–water partition coefficient (Wildman–Crippen LogP) is 7.47. The van der Waals surface area contributed by atoms with E-state index < -0.39 is 5.97 Å². The molecule has 3 heteroatoms. The lowest BCUT2D eigenvalue weighted by atomic mass is 10.0. The highest BCUT2D eigenvalue weighted by atomic mass is 16.4. The summed E-state index contributed by atoms with van der Waals surface area (Å²) in [5.41, 5.74) is 2.92. The van der Waals surface area contributed by atoms with Crippen LogP contribution in [0.5, 0.6) is 0 Å². The Labute approximate surface area is 186 Å². The number of aryl methyl sites for hydroxylation is 2. The van der Waals surface area contributed by atoms with E-state index in [-0.39, 0.29) is 0 Å². The normalized spacial score (nSPS) is 11.1. The van der Waals surface area contributed by atoms with Gasteiger partial charge < -0.3 is 5.11 Å². The first-order valence-electron chi connectivity index (χ1n) is 12.8. The molecule has 0 saturated carbocycles. The third-order valence-electron chi connectivity index (χ3n) is 6.44. The Morgan fingerprint density at radius 2 is 1.13 bits per heavy atom. The zero-order chi connectivity index (χ0) is 21.9. The summed E-state index contributed by atoms with van der Waals surface area (Å²) in [4.78, 5) is 10.4. The molecule has 0 aliphatic carbocycles. The van der Waals surface area contributed by atoms with E-state index in [0.29, 0.717) is 6.42 Å². The first-order valence-corrected chi connectivity index (χ1v) is 12.8. The van der Waals surface area contributed by atoms with Crippen molar-refractivity contribution in [1.82, 2.24) is 0 Å². The monoisotopic (exact) mass is 418 g/mol. The van der Waals surface area contributed by atoms with Crippen LogP contribution in [0.2, 0.25) is 0 Å². The molecule has 0 aromatic carbocycles. The van der Waals surface area contributed by atoms with Crippen LogP contribution in [0.4, 0.5) is 0 Å². The van der Waals surface area contributed by atoms with E-state index in [2.05, 4.69) is 36.9 Å². The molecule has 1 aromatic rings. The van der Waals surface area contributed by atoms with Crippen LogP contribution < -0.4 is 4.57 Å². The Hall–Kier alpha value is -1.38. The highest BCUT2D eigenvalue weighted by Crippen LogP contribution is 2.15. The summed E-state index contributed by atoms with van der Waals surface area (Å²) in [6.07, 6.45) is 26.2. The zero-order valence-electron chi connectivity index (χ0n) is 20.0. The van der Waals surface area contributed by atoms with Crippen LogP contribution in [0.3, 0.4) is 0 Å². The van der Waals surface area contributed by atoms with Crippen molar-refractivity contribution in [3.63, 3.8) is 0 Å². The van der Waals surface area contributed by atoms with Crippen molar-refractivity contribution >= 4 is 5.97 Å². The van der Waals surface area contributed by atoms with Gasteiger partial charge in [-0.3, -0.25) is 4.79 Å². The molecule has 0 atom stereocenters. The number of carboxylic acid groups (broad SMARTS) is 1. The maximum Gasteiger partial charge on any atom is 0.303 e. The van der Waals surface area contributed by atoms with Gasteiger partial charge >= 0.3 is 5.97 Å². The minimum Gasteiger partial charge on any atom is -0.481 e. The highest BCUT2D eigenvalue weighted by molar-refractivity contribution is 5.66. The number of hydrogen-bond acceptors (Lipinski definition) is 1. The van der Waals surface area contributed by atoms with E-state index in [1.54, 1.807) is 0 Å². The first kappa shape index (κ1) is 26.7. The van der Waals surface area contributed by atoms with Gasteiger partial charge in [-0.05, 0) is 25.3 Å². The van der Waals surface area contributed by atoms with Crippen molar-refractivity contribution < 1.29 is 14.5 Å². The summed E-state index contributed by atoms with van der Waals surface area (Å²) >= 11 is 0. The smallest absolute Gasteiger partial charge is 0.303 e. The maximum absolute atomic E-state index is 10.4. The van der Waals surface area contributed by atoms with Crippen LogP contribution in [0.1, 0.15) is 127 Å². The van der Waals surface area contributed by atoms with E-state index in [9.17, 15) is 4.79 Å². The third-order valence-corrected chi connectivity index (χ3v) is 6.44. The number of pyridine rings is 1. The number of carbonyl (C=O) groups is 1. The van der Waals surface area contributed by atoms with Crippen LogP contribution in [0.25, 0.3) is 0 Å². The van der Waals surface area contributed by atoms with Gasteiger partial charge in [0.2, 0.25) is 0 Å². The molecule has 30 heavy (non-hydrogen) atoms. The zero-order valence-corrected chi connectivity index (χ0v) is 20.0. The summed E-state index contributed by atoms with van der Waals surface area (Å²) in [5.74, 6) is -0.654. The summed E-state index contributed by atoms with van der Waals surface area (Å²) in [6.45, 7) is 2.23. The van der Waals surface area contributed by atoms with Crippen LogP contribution >= 0.6 is 0 Å². The van der Waals surface area contributed by atoms with Crippen molar-refractivity contribution in [1.29, 1.82) is 0 Å². The van der Waals surface area contributed by atoms with Gasteiger partial charge in [0.05, 0.1) is 0 Å². The Morgan fingerprint density at radius 3 is 1.57 bits per heavy atom. The lowest BCUT2D eigenvalue weighted by molar-refractivity contribution is -0.678. The van der Waals surface area contributed by atoms with Gasteiger partial charge in [-0.25, -0.2) is 4.57 Å². The summed E-state index contributed by atoms with van der Waals surface area (Å²) < 4.78 is 2.23. The molecule has 1 rings (SSSR count). The minimum atomic E-state index is -0.654. The molecule has 1 heterocycles. The largest absolute Gasteiger partial charge is 0.481 e. The molecule has 0 unspecified atom stereocenters. The van der Waals surface area contributed by atoms with E-state index in [1.165, 1.54) is 114 Å². The van der Waals surface area contributed by atoms with E-state index in [4.69, 9.17) is 5.11 Å². The predicted molar refractivity (Wildman–Crippen MR) is 127 cm³/mol. The quantitative estimate of drug-likeness (QED) is 0.176. The number of nitrogens with zero attached hydrogens (tertiary/aromatic N) is 1. The molecule has 1 N–H and O–H groups in total. The van der Waals surface area contributed by atoms with Crippen molar-refractivity contribution in [3.8, 4) is 0 Å². The summed E-state index contributed by atoms with van der Waals surface area (Å²) in [6, 6.07) is 4.44. The molecule has 0 aliphatic rings. The standard InChI is InChI=1S/C27H47NO2/c1-25-26(22-20-24-28(25)2)21-18-16-14-12-10-8-6-4-3-5-7-9-11-13-15-17-19-23-27(29)30/h20,22,24H,3-19,21,23H2,1-2H3/p+1. The van der Waals surface area contributed by atoms with E-state index in [1.807, 2.05) is 0 Å². The summed E-state index contributed by atoms with van der Waals surface area (Å²) in [5, 5.41) is 8.60. The molecule has 0 radical (unpaired) electrons. The van der Waals surface area contributed by atoms with Gasteiger partial charge in [-0.1, -0.05) is 96.3 Å². The van der Waals surface area contributed by atoms with Gasteiger partial charge in [-0.15, -0.1) is 0 Å². The third kappa shape index (κ3) is 14.6. The lowest BCUT2D eigenvalue weighted by Crippen LogP contribution is -2.32. The second-order valence-corrected chi connectivity index (χ2v) is 9.13. The summed E-state index contributed by atoms with van der Waals surface area (Å²) in [7, 11) is 2.13. The number of aromatic nitrogens is 1. The lowest BCUT2D eigenvalue weighted by Gasteiger charge is -2.05. The van der Waals surface area contributed by atoms with Gasteiger partial charge in [0.25, 0.3) is 0 Å².